The molecule has 0 radical (unpaired) electrons. The molecule has 0 saturated heterocycles. The minimum Gasteiger partial charge on any atom is -0.399 e. The van der Waals surface area contributed by atoms with Crippen molar-refractivity contribution in [3.8, 4) is 0 Å². The third-order valence-corrected chi connectivity index (χ3v) is 11.9. The van der Waals surface area contributed by atoms with E-state index in [1.54, 1.807) is 0 Å². The number of unbranched alkanes of at least 4 members (excludes halogenated alkanes) is 1. The SMILES string of the molecule is C=C(/C=C\C=C/NC)c1cccc([C@@H]2CCCC([C@H](C)CCCCNCCCC(C)CCC)C2)c1.CC.CCC.NCC1CCCC1.Nc1ccc(C2=CC=CC2)cc1. The Kier molecular flexibility index (Phi) is 32.2. The number of anilines is 1. The van der Waals surface area contributed by atoms with Crippen molar-refractivity contribution in [3.63, 3.8) is 0 Å². The minimum absolute atomic E-state index is 0.703. The fourth-order valence-corrected chi connectivity index (χ4v) is 8.35. The second-order valence-electron chi connectivity index (χ2n) is 17.1. The van der Waals surface area contributed by atoms with Gasteiger partial charge < -0.3 is 22.1 Å². The van der Waals surface area contributed by atoms with Crippen molar-refractivity contribution in [2.45, 2.75) is 164 Å². The number of nitrogen functional groups attached to an aromatic ring is 1. The topological polar surface area (TPSA) is 76.1 Å². The fourth-order valence-electron chi connectivity index (χ4n) is 8.35. The maximum atomic E-state index is 5.59. The van der Waals surface area contributed by atoms with Gasteiger partial charge in [0.1, 0.15) is 0 Å². The molecule has 0 bridgehead atoms. The minimum atomic E-state index is 0.703. The zero-order valence-corrected chi connectivity index (χ0v) is 39.6. The molecule has 0 aliphatic heterocycles. The lowest BCUT2D eigenvalue weighted by Crippen LogP contribution is -2.21. The molecule has 4 atom stereocenters. The van der Waals surface area contributed by atoms with E-state index in [1.807, 2.05) is 51.4 Å². The van der Waals surface area contributed by atoms with Gasteiger partial charge in [-0.15, -0.1) is 0 Å². The number of benzene rings is 2. The molecule has 59 heavy (non-hydrogen) atoms. The van der Waals surface area contributed by atoms with Crippen LogP contribution in [0.5, 0.6) is 0 Å². The Labute approximate surface area is 366 Å². The van der Waals surface area contributed by atoms with E-state index in [4.69, 9.17) is 11.5 Å². The van der Waals surface area contributed by atoms with Crippen LogP contribution >= 0.6 is 0 Å². The standard InChI is InChI=1S/C33H54N2.C11H11N.C6H13N.C3H8.C2H6/c1-6-14-27(2)15-13-24-35-23-10-8-17-29(4)31-19-12-21-33(26-31)32-20-11-18-30(25-32)28(3)16-7-9-22-34-5;12-11-7-5-10(6-8-11)9-3-1-2-4-9;7-5-6-3-1-2-4-6;1-3-2;1-2/h7,9,11,16,18,20,22,25,27,29,31,33-35H,3,6,8,10,12-15,17,19,21,23-24,26H2,1-2,4-5H3;1-3,5-8H,4,12H2;6H,1-5,7H2;3H2,1-2H3;1-2H3/b16-7-,22-9-;;;;/t27?,29-,31?,33-;;;;/m1..../s1. The quantitative estimate of drug-likeness (QED) is 0.0648. The highest BCUT2D eigenvalue weighted by molar-refractivity contribution is 5.73. The van der Waals surface area contributed by atoms with E-state index in [9.17, 15) is 0 Å². The van der Waals surface area contributed by atoms with Crippen LogP contribution in [0.4, 0.5) is 5.69 Å². The van der Waals surface area contributed by atoms with E-state index >= 15 is 0 Å². The third kappa shape index (κ3) is 24.5. The first-order chi connectivity index (χ1) is 28.8. The largest absolute Gasteiger partial charge is 0.399 e. The Morgan fingerprint density at radius 1 is 0.864 bits per heavy atom. The molecule has 4 heteroatoms. The van der Waals surface area contributed by atoms with Crippen molar-refractivity contribution < 1.29 is 0 Å². The zero-order valence-electron chi connectivity index (χ0n) is 39.6. The first kappa shape index (κ1) is 53.7. The maximum Gasteiger partial charge on any atom is 0.0314 e. The summed E-state index contributed by atoms with van der Waals surface area (Å²) in [6, 6.07) is 17.2. The molecule has 2 aromatic carbocycles. The van der Waals surface area contributed by atoms with Crippen LogP contribution in [-0.2, 0) is 0 Å². The molecular formula is C55H92N4. The summed E-state index contributed by atoms with van der Waals surface area (Å²) in [5, 5.41) is 6.69. The van der Waals surface area contributed by atoms with Gasteiger partial charge in [0.05, 0.1) is 0 Å². The molecule has 0 amide bonds. The monoisotopic (exact) mass is 809 g/mol. The summed E-state index contributed by atoms with van der Waals surface area (Å²) >= 11 is 0. The molecule has 2 fully saturated rings. The van der Waals surface area contributed by atoms with Gasteiger partial charge in [0.2, 0.25) is 0 Å². The molecule has 0 heterocycles. The van der Waals surface area contributed by atoms with Crippen LogP contribution in [0.3, 0.4) is 0 Å². The van der Waals surface area contributed by atoms with Gasteiger partial charge in [-0.2, -0.15) is 0 Å². The summed E-state index contributed by atoms with van der Waals surface area (Å²) in [5.41, 5.74) is 18.3. The second kappa shape index (κ2) is 35.4. The summed E-state index contributed by atoms with van der Waals surface area (Å²) in [4.78, 5) is 0. The van der Waals surface area contributed by atoms with E-state index in [1.165, 1.54) is 138 Å². The molecule has 4 nitrogen and oxygen atoms in total. The van der Waals surface area contributed by atoms with Gasteiger partial charge in [-0.3, -0.25) is 0 Å². The first-order valence-corrected chi connectivity index (χ1v) is 24.2. The van der Waals surface area contributed by atoms with Gasteiger partial charge in [0.25, 0.3) is 0 Å². The molecule has 2 unspecified atom stereocenters. The Morgan fingerprint density at radius 3 is 2.20 bits per heavy atom. The lowest BCUT2D eigenvalue weighted by Gasteiger charge is -2.33. The van der Waals surface area contributed by atoms with Gasteiger partial charge >= 0.3 is 0 Å². The van der Waals surface area contributed by atoms with Crippen LogP contribution in [0, 0.1) is 23.7 Å². The Bertz CT molecular complexity index is 1430. The van der Waals surface area contributed by atoms with Crippen LogP contribution in [0.1, 0.15) is 180 Å². The number of nitrogens with one attached hydrogen (secondary N) is 2. The Morgan fingerprint density at radius 2 is 1.58 bits per heavy atom. The second-order valence-corrected chi connectivity index (χ2v) is 17.1. The summed E-state index contributed by atoms with van der Waals surface area (Å²) in [6.07, 6.45) is 37.3. The normalized spacial score (nSPS) is 18.3. The van der Waals surface area contributed by atoms with Gasteiger partial charge in [-0.1, -0.05) is 180 Å². The first-order valence-electron chi connectivity index (χ1n) is 24.2. The lowest BCUT2D eigenvalue weighted by molar-refractivity contribution is 0.228. The average Bonchev–Trinajstić information content (AvgIpc) is 4.01. The van der Waals surface area contributed by atoms with Crippen LogP contribution in [0.2, 0.25) is 0 Å². The van der Waals surface area contributed by atoms with Crippen molar-refractivity contribution in [2.75, 3.05) is 32.4 Å². The number of allylic oxidation sites excluding steroid dienone is 8. The number of hydrogen-bond donors (Lipinski definition) is 4. The highest BCUT2D eigenvalue weighted by Crippen LogP contribution is 2.41. The van der Waals surface area contributed by atoms with E-state index in [2.05, 4.69) is 113 Å². The van der Waals surface area contributed by atoms with Crippen LogP contribution < -0.4 is 22.1 Å². The fraction of sp³-hybridized carbons (Fsp3) is 0.600. The number of hydrogen-bond acceptors (Lipinski definition) is 4. The zero-order chi connectivity index (χ0) is 43.5. The summed E-state index contributed by atoms with van der Waals surface area (Å²) in [7, 11) is 1.91. The van der Waals surface area contributed by atoms with Crippen molar-refractivity contribution in [2.24, 2.45) is 29.4 Å². The Hall–Kier alpha value is -3.34. The molecule has 0 spiro atoms. The Balaban J connectivity index is 0.000000580. The van der Waals surface area contributed by atoms with Gasteiger partial charge in [0.15, 0.2) is 0 Å². The van der Waals surface area contributed by atoms with Gasteiger partial charge in [-0.05, 0) is 153 Å². The number of rotatable bonds is 19. The third-order valence-electron chi connectivity index (χ3n) is 11.9. The predicted molar refractivity (Wildman–Crippen MR) is 268 cm³/mol. The molecular weight excluding hydrogens is 717 g/mol. The van der Waals surface area contributed by atoms with Crippen molar-refractivity contribution >= 4 is 16.8 Å². The maximum absolute atomic E-state index is 5.59. The molecule has 3 aliphatic carbocycles. The van der Waals surface area contributed by atoms with Crippen LogP contribution in [-0.4, -0.2) is 26.7 Å². The van der Waals surface area contributed by atoms with E-state index in [0.29, 0.717) is 5.92 Å². The summed E-state index contributed by atoms with van der Waals surface area (Å²) < 4.78 is 0. The lowest BCUT2D eigenvalue weighted by atomic mass is 9.72. The smallest absolute Gasteiger partial charge is 0.0314 e. The molecule has 2 saturated carbocycles. The summed E-state index contributed by atoms with van der Waals surface area (Å²) in [6.45, 7) is 23.0. The molecule has 332 valence electrons. The van der Waals surface area contributed by atoms with Crippen molar-refractivity contribution in [1.82, 2.24) is 10.6 Å². The molecule has 5 rings (SSSR count). The summed E-state index contributed by atoms with van der Waals surface area (Å²) in [5.74, 6) is 4.19. The van der Waals surface area contributed by atoms with Crippen molar-refractivity contribution in [3.05, 3.63) is 114 Å². The molecule has 3 aliphatic rings. The highest BCUT2D eigenvalue weighted by atomic mass is 14.8. The van der Waals surface area contributed by atoms with Gasteiger partial charge in [-0.25, -0.2) is 0 Å². The highest BCUT2D eigenvalue weighted by Gasteiger charge is 2.27. The van der Waals surface area contributed by atoms with Crippen LogP contribution in [0.15, 0.2) is 97.8 Å². The van der Waals surface area contributed by atoms with Crippen LogP contribution in [0.25, 0.3) is 11.1 Å². The molecule has 0 aromatic heterocycles. The molecule has 2 aromatic rings. The van der Waals surface area contributed by atoms with E-state index in [0.717, 1.165) is 47.9 Å². The van der Waals surface area contributed by atoms with E-state index < -0.39 is 0 Å². The van der Waals surface area contributed by atoms with Crippen molar-refractivity contribution in [1.29, 1.82) is 0 Å². The van der Waals surface area contributed by atoms with Gasteiger partial charge in [0, 0.05) is 12.7 Å². The van der Waals surface area contributed by atoms with E-state index in [-0.39, 0.29) is 0 Å². The molecule has 6 N–H and O–H groups in total. The number of nitrogens with two attached hydrogens (primary N) is 2. The predicted octanol–water partition coefficient (Wildman–Crippen LogP) is 15.1. The average molecular weight is 809 g/mol.